The number of amides is 1. The van der Waals surface area contributed by atoms with Crippen LogP contribution in [0.3, 0.4) is 0 Å². The van der Waals surface area contributed by atoms with Crippen molar-refractivity contribution in [3.8, 4) is 5.75 Å². The number of Topliss-reactive ketones (excluding diaryl/α,β-unsaturated/α-hetero) is 1. The number of carbonyl (C=O) groups is 2. The van der Waals surface area contributed by atoms with Gasteiger partial charge in [-0.1, -0.05) is 82.2 Å². The van der Waals surface area contributed by atoms with E-state index in [1.165, 1.54) is 39.6 Å². The van der Waals surface area contributed by atoms with Crippen LogP contribution < -0.4 is 9.64 Å². The molecule has 2 atom stereocenters. The normalized spacial score (nSPS) is 19.5. The van der Waals surface area contributed by atoms with E-state index < -0.39 is 17.7 Å². The maximum absolute atomic E-state index is 13.5. The lowest BCUT2D eigenvalue weighted by molar-refractivity contribution is -0.132. The minimum absolute atomic E-state index is 0.0105. The molecule has 1 N–H and O–H groups in total. The summed E-state index contributed by atoms with van der Waals surface area (Å²) in [4.78, 5) is 28.3. The van der Waals surface area contributed by atoms with Crippen LogP contribution in [0.2, 0.25) is 10.0 Å². The van der Waals surface area contributed by atoms with E-state index >= 15 is 0 Å². The molecule has 2 aliphatic heterocycles. The first-order valence-electron chi connectivity index (χ1n) is 12.8. The molecule has 41 heavy (non-hydrogen) atoms. The standard InChI is InChI=1S/C30H23Cl2N3O4S2/c1-15-3-5-17(6-4-15)14-40-30-34-33-29(41-30)35-25(21-9-8-20(31)13-22(21)32)24(27(37)28(35)38)26(36)18-7-10-23-19(12-18)11-16(2)39-23/h3-10,12-13,16,25,36H,11,14H2,1-2H3/b26-24+. The van der Waals surface area contributed by atoms with Gasteiger partial charge in [-0.05, 0) is 60.9 Å². The molecule has 4 aromatic rings. The van der Waals surface area contributed by atoms with E-state index in [-0.39, 0.29) is 27.6 Å². The van der Waals surface area contributed by atoms with Crippen LogP contribution in [0, 0.1) is 6.92 Å². The van der Waals surface area contributed by atoms with E-state index in [0.29, 0.717) is 32.7 Å². The minimum Gasteiger partial charge on any atom is -0.507 e. The van der Waals surface area contributed by atoms with Gasteiger partial charge in [0.2, 0.25) is 5.13 Å². The van der Waals surface area contributed by atoms with Crippen LogP contribution in [0.1, 0.15) is 40.8 Å². The number of fused-ring (bicyclic) bond motifs is 1. The zero-order valence-electron chi connectivity index (χ0n) is 21.9. The summed E-state index contributed by atoms with van der Waals surface area (Å²) in [6, 6.07) is 17.2. The quantitative estimate of drug-likeness (QED) is 0.0786. The van der Waals surface area contributed by atoms with E-state index in [2.05, 4.69) is 22.3 Å². The number of benzene rings is 3. The fourth-order valence-corrected chi connectivity index (χ4v) is 7.29. The molecule has 1 aromatic heterocycles. The first kappa shape index (κ1) is 27.8. The number of thioether (sulfide) groups is 1. The van der Waals surface area contributed by atoms with Gasteiger partial charge in [-0.3, -0.25) is 14.5 Å². The Hall–Kier alpha value is -3.37. The summed E-state index contributed by atoms with van der Waals surface area (Å²) in [5, 5.41) is 20.9. The molecule has 2 aliphatic rings. The van der Waals surface area contributed by atoms with Gasteiger partial charge in [-0.25, -0.2) is 0 Å². The number of ether oxygens (including phenoxy) is 1. The average Bonchev–Trinajstić information content (AvgIpc) is 3.63. The molecule has 1 saturated heterocycles. The van der Waals surface area contributed by atoms with Crippen LogP contribution in [0.5, 0.6) is 5.75 Å². The van der Waals surface area contributed by atoms with Crippen LogP contribution >= 0.6 is 46.3 Å². The number of anilines is 1. The summed E-state index contributed by atoms with van der Waals surface area (Å²) >= 11 is 15.5. The van der Waals surface area contributed by atoms with E-state index in [1.54, 1.807) is 30.3 Å². The second-order valence-electron chi connectivity index (χ2n) is 9.91. The molecular weight excluding hydrogens is 601 g/mol. The first-order chi connectivity index (χ1) is 19.7. The van der Waals surface area contributed by atoms with Crippen LogP contribution in [0.4, 0.5) is 5.13 Å². The highest BCUT2D eigenvalue weighted by atomic mass is 35.5. The Morgan fingerprint density at radius 1 is 1.10 bits per heavy atom. The summed E-state index contributed by atoms with van der Waals surface area (Å²) in [5.74, 6) is -0.570. The van der Waals surface area contributed by atoms with Crippen molar-refractivity contribution in [1.29, 1.82) is 0 Å². The molecule has 0 spiro atoms. The Morgan fingerprint density at radius 3 is 2.63 bits per heavy atom. The number of carbonyl (C=O) groups excluding carboxylic acids is 2. The summed E-state index contributed by atoms with van der Waals surface area (Å²) < 4.78 is 6.42. The summed E-state index contributed by atoms with van der Waals surface area (Å²) in [7, 11) is 0. The van der Waals surface area contributed by atoms with Gasteiger partial charge in [0.25, 0.3) is 5.78 Å². The third kappa shape index (κ3) is 5.35. The van der Waals surface area contributed by atoms with Crippen LogP contribution in [0.15, 0.2) is 70.6 Å². The highest BCUT2D eigenvalue weighted by Gasteiger charge is 2.49. The summed E-state index contributed by atoms with van der Waals surface area (Å²) in [6.07, 6.45) is 0.682. The van der Waals surface area contributed by atoms with Gasteiger partial charge in [0.05, 0.1) is 11.6 Å². The molecule has 7 nitrogen and oxygen atoms in total. The number of halogens is 2. The van der Waals surface area contributed by atoms with Gasteiger partial charge in [-0.15, -0.1) is 10.2 Å². The van der Waals surface area contributed by atoms with E-state index in [0.717, 1.165) is 16.9 Å². The fourth-order valence-electron chi connectivity index (χ4n) is 4.96. The van der Waals surface area contributed by atoms with Gasteiger partial charge in [0.15, 0.2) is 4.34 Å². The summed E-state index contributed by atoms with van der Waals surface area (Å²) in [6.45, 7) is 3.99. The topological polar surface area (TPSA) is 92.6 Å². The van der Waals surface area contributed by atoms with Crippen molar-refractivity contribution < 1.29 is 19.4 Å². The predicted molar refractivity (Wildman–Crippen MR) is 162 cm³/mol. The molecule has 6 rings (SSSR count). The smallest absolute Gasteiger partial charge is 0.301 e. The minimum atomic E-state index is -1.04. The molecule has 3 aromatic carbocycles. The third-order valence-electron chi connectivity index (χ3n) is 6.96. The monoisotopic (exact) mass is 623 g/mol. The average molecular weight is 625 g/mol. The predicted octanol–water partition coefficient (Wildman–Crippen LogP) is 7.40. The second-order valence-corrected chi connectivity index (χ2v) is 12.9. The Bertz CT molecular complexity index is 1720. The number of ketones is 1. The van der Waals surface area contributed by atoms with Crippen molar-refractivity contribution >= 4 is 68.9 Å². The fraction of sp³-hybridized carbons (Fsp3) is 0.200. The van der Waals surface area contributed by atoms with Gasteiger partial charge in [-0.2, -0.15) is 0 Å². The Morgan fingerprint density at radius 2 is 1.88 bits per heavy atom. The number of aryl methyl sites for hydroxylation is 1. The molecular formula is C30H23Cl2N3O4S2. The van der Waals surface area contributed by atoms with E-state index in [1.807, 2.05) is 26.0 Å². The third-order valence-corrected chi connectivity index (χ3v) is 9.65. The van der Waals surface area contributed by atoms with Crippen molar-refractivity contribution in [1.82, 2.24) is 10.2 Å². The summed E-state index contributed by atoms with van der Waals surface area (Å²) in [5.41, 5.74) is 3.96. The number of hydrogen-bond acceptors (Lipinski definition) is 8. The van der Waals surface area contributed by atoms with Gasteiger partial charge in [0.1, 0.15) is 17.6 Å². The number of rotatable bonds is 6. The number of aromatic nitrogens is 2. The van der Waals surface area contributed by atoms with Crippen molar-refractivity contribution in [2.45, 2.75) is 42.5 Å². The van der Waals surface area contributed by atoms with Gasteiger partial charge >= 0.3 is 5.91 Å². The lowest BCUT2D eigenvalue weighted by Crippen LogP contribution is -2.29. The van der Waals surface area contributed by atoms with Crippen molar-refractivity contribution in [3.63, 3.8) is 0 Å². The molecule has 0 aliphatic carbocycles. The van der Waals surface area contributed by atoms with E-state index in [9.17, 15) is 14.7 Å². The zero-order valence-corrected chi connectivity index (χ0v) is 25.1. The highest BCUT2D eigenvalue weighted by molar-refractivity contribution is 8.00. The SMILES string of the molecule is Cc1ccc(CSc2nnc(N3C(=O)C(=O)/C(=C(/O)c4ccc5c(c4)CC(C)O5)C3c3ccc(Cl)cc3Cl)s2)cc1. The maximum atomic E-state index is 13.5. The molecule has 0 bridgehead atoms. The highest BCUT2D eigenvalue weighted by Crippen LogP contribution is 2.46. The van der Waals surface area contributed by atoms with Crippen LogP contribution in [-0.4, -0.2) is 33.1 Å². The number of nitrogens with zero attached hydrogens (tertiary/aromatic N) is 3. The Labute approximate surface area is 254 Å². The molecule has 2 unspecified atom stereocenters. The lowest BCUT2D eigenvalue weighted by Gasteiger charge is -2.23. The molecule has 208 valence electrons. The van der Waals surface area contributed by atoms with E-state index in [4.69, 9.17) is 27.9 Å². The molecule has 11 heteroatoms. The number of hydrogen-bond donors (Lipinski definition) is 1. The number of aliphatic hydroxyl groups excluding tert-OH is 1. The number of aliphatic hydroxyl groups is 1. The van der Waals surface area contributed by atoms with Crippen molar-refractivity contribution in [2.24, 2.45) is 0 Å². The maximum Gasteiger partial charge on any atom is 0.301 e. The lowest BCUT2D eigenvalue weighted by atomic mass is 9.94. The van der Waals surface area contributed by atoms with Gasteiger partial charge < -0.3 is 9.84 Å². The zero-order chi connectivity index (χ0) is 28.8. The Kier molecular flexibility index (Phi) is 7.54. The molecule has 1 fully saturated rings. The Balaban J connectivity index is 1.40. The first-order valence-corrected chi connectivity index (χ1v) is 15.3. The molecule has 0 radical (unpaired) electrons. The molecule has 1 amide bonds. The van der Waals surface area contributed by atoms with Gasteiger partial charge in [0, 0.05) is 27.8 Å². The largest absolute Gasteiger partial charge is 0.507 e. The van der Waals surface area contributed by atoms with Crippen LogP contribution in [-0.2, 0) is 21.8 Å². The van der Waals surface area contributed by atoms with Crippen molar-refractivity contribution in [2.75, 3.05) is 4.90 Å². The molecule has 3 heterocycles. The second kappa shape index (κ2) is 11.1. The van der Waals surface area contributed by atoms with Crippen LogP contribution in [0.25, 0.3) is 5.76 Å². The molecule has 0 saturated carbocycles. The van der Waals surface area contributed by atoms with Crippen molar-refractivity contribution in [3.05, 3.63) is 104 Å².